The molecule has 0 fully saturated rings. The van der Waals surface area contributed by atoms with Gasteiger partial charge in [0.1, 0.15) is 5.82 Å². The minimum Gasteiger partial charge on any atom is -0.310 e. The predicted molar refractivity (Wildman–Crippen MR) is 108 cm³/mol. The van der Waals surface area contributed by atoms with Gasteiger partial charge in [-0.25, -0.2) is 4.98 Å². The van der Waals surface area contributed by atoms with Crippen LogP contribution in [0.5, 0.6) is 0 Å². The van der Waals surface area contributed by atoms with Crippen molar-refractivity contribution in [2.45, 2.75) is 6.04 Å². The first kappa shape index (κ1) is 18.3. The molecule has 0 aliphatic rings. The molecule has 5 heteroatoms. The van der Waals surface area contributed by atoms with Gasteiger partial charge in [0.25, 0.3) is 0 Å². The smallest absolute Gasteiger partial charge is 0.239 e. The highest BCUT2D eigenvalue weighted by molar-refractivity contribution is 9.10. The lowest BCUT2D eigenvalue weighted by Crippen LogP contribution is -2.34. The van der Waals surface area contributed by atoms with Crippen molar-refractivity contribution in [3.8, 4) is 0 Å². The first-order chi connectivity index (χ1) is 12.6. The Balaban J connectivity index is 1.76. The number of benzene rings is 2. The Kier molecular flexibility index (Phi) is 6.15. The number of amides is 1. The summed E-state index contributed by atoms with van der Waals surface area (Å²) in [6.07, 6.45) is 1.66. The Morgan fingerprint density at radius 1 is 1.00 bits per heavy atom. The van der Waals surface area contributed by atoms with E-state index >= 15 is 0 Å². The predicted octanol–water partition coefficient (Wildman–Crippen LogP) is 4.50. The molecule has 132 valence electrons. The van der Waals surface area contributed by atoms with Gasteiger partial charge in [-0.1, -0.05) is 60.7 Å². The fourth-order valence-electron chi connectivity index (χ4n) is 2.92. The Morgan fingerprint density at radius 2 is 1.58 bits per heavy atom. The van der Waals surface area contributed by atoms with Crippen LogP contribution in [0.1, 0.15) is 17.2 Å². The molecule has 3 rings (SSSR count). The second-order valence-corrected chi connectivity index (χ2v) is 6.96. The summed E-state index contributed by atoms with van der Waals surface area (Å²) in [5, 5.41) is 2.85. The summed E-state index contributed by atoms with van der Waals surface area (Å²) >= 11 is 3.34. The molecule has 1 N–H and O–H groups in total. The quantitative estimate of drug-likeness (QED) is 0.651. The van der Waals surface area contributed by atoms with Gasteiger partial charge in [-0.3, -0.25) is 9.69 Å². The van der Waals surface area contributed by atoms with E-state index in [0.717, 1.165) is 15.6 Å². The van der Waals surface area contributed by atoms with Crippen LogP contribution < -0.4 is 5.32 Å². The number of anilines is 1. The summed E-state index contributed by atoms with van der Waals surface area (Å²) in [7, 11) is 1.96. The summed E-state index contributed by atoms with van der Waals surface area (Å²) < 4.78 is 0.876. The van der Waals surface area contributed by atoms with Crippen LogP contribution in [0, 0.1) is 0 Å². The van der Waals surface area contributed by atoms with E-state index in [1.165, 1.54) is 0 Å². The normalized spacial score (nSPS) is 10.9. The van der Waals surface area contributed by atoms with Crippen LogP contribution in [0.4, 0.5) is 5.82 Å². The lowest BCUT2D eigenvalue weighted by Gasteiger charge is -2.28. The van der Waals surface area contributed by atoms with Crippen LogP contribution in [-0.2, 0) is 4.79 Å². The van der Waals surface area contributed by atoms with Gasteiger partial charge in [0.15, 0.2) is 0 Å². The zero-order chi connectivity index (χ0) is 18.4. The van der Waals surface area contributed by atoms with Crippen LogP contribution in [0.3, 0.4) is 0 Å². The van der Waals surface area contributed by atoms with Crippen molar-refractivity contribution in [3.05, 3.63) is 94.6 Å². The Hall–Kier alpha value is -2.50. The summed E-state index contributed by atoms with van der Waals surface area (Å²) in [4.78, 5) is 18.7. The molecule has 2 aromatic carbocycles. The minimum absolute atomic E-state index is 0.000951. The van der Waals surface area contributed by atoms with Gasteiger partial charge in [-0.2, -0.15) is 0 Å². The van der Waals surface area contributed by atoms with Crippen LogP contribution in [0.2, 0.25) is 0 Å². The van der Waals surface area contributed by atoms with Crippen molar-refractivity contribution in [1.82, 2.24) is 9.88 Å². The van der Waals surface area contributed by atoms with Crippen molar-refractivity contribution >= 4 is 27.7 Å². The molecule has 0 aliphatic carbocycles. The van der Waals surface area contributed by atoms with Crippen molar-refractivity contribution in [1.29, 1.82) is 0 Å². The van der Waals surface area contributed by atoms with E-state index in [1.807, 2.05) is 54.4 Å². The number of hydrogen-bond acceptors (Lipinski definition) is 3. The van der Waals surface area contributed by atoms with E-state index < -0.39 is 0 Å². The first-order valence-corrected chi connectivity index (χ1v) is 9.14. The molecule has 0 spiro atoms. The van der Waals surface area contributed by atoms with E-state index in [0.29, 0.717) is 5.82 Å². The number of halogens is 1. The average molecular weight is 410 g/mol. The fraction of sp³-hybridized carbons (Fsp3) is 0.143. The number of hydrogen-bond donors (Lipinski definition) is 1. The molecule has 0 bridgehead atoms. The summed E-state index contributed by atoms with van der Waals surface area (Å²) in [5.41, 5.74) is 2.30. The number of carbonyl (C=O) groups excluding carboxylic acids is 1. The Morgan fingerprint density at radius 3 is 2.08 bits per heavy atom. The molecule has 0 atom stereocenters. The molecule has 0 saturated carbocycles. The van der Waals surface area contributed by atoms with Gasteiger partial charge < -0.3 is 5.32 Å². The van der Waals surface area contributed by atoms with Crippen LogP contribution in [0.15, 0.2) is 83.5 Å². The van der Waals surface area contributed by atoms with Gasteiger partial charge in [-0.05, 0) is 46.2 Å². The van der Waals surface area contributed by atoms with Crippen LogP contribution in [0.25, 0.3) is 0 Å². The van der Waals surface area contributed by atoms with Gasteiger partial charge in [0, 0.05) is 10.7 Å². The Bertz CT molecular complexity index is 799. The van der Waals surface area contributed by atoms with Gasteiger partial charge in [0.2, 0.25) is 5.91 Å². The molecule has 1 aromatic heterocycles. The topological polar surface area (TPSA) is 45.2 Å². The zero-order valence-electron chi connectivity index (χ0n) is 14.5. The molecular weight excluding hydrogens is 390 g/mol. The highest BCUT2D eigenvalue weighted by Gasteiger charge is 2.21. The van der Waals surface area contributed by atoms with E-state index in [-0.39, 0.29) is 18.5 Å². The molecule has 3 aromatic rings. The molecule has 0 unspecified atom stereocenters. The summed E-state index contributed by atoms with van der Waals surface area (Å²) in [5.74, 6) is 0.446. The number of rotatable bonds is 6. The average Bonchev–Trinajstić information content (AvgIpc) is 2.65. The summed E-state index contributed by atoms with van der Waals surface area (Å²) in [6, 6.07) is 24.0. The third kappa shape index (κ3) is 4.77. The Labute approximate surface area is 162 Å². The number of nitrogens with one attached hydrogen (secondary N) is 1. The van der Waals surface area contributed by atoms with Gasteiger partial charge in [0.05, 0.1) is 12.6 Å². The maximum absolute atomic E-state index is 12.5. The number of pyridine rings is 1. The molecule has 0 radical (unpaired) electrons. The van der Waals surface area contributed by atoms with E-state index in [4.69, 9.17) is 0 Å². The monoisotopic (exact) mass is 409 g/mol. The minimum atomic E-state index is -0.0980. The zero-order valence-corrected chi connectivity index (χ0v) is 16.1. The molecule has 4 nitrogen and oxygen atoms in total. The van der Waals surface area contributed by atoms with Crippen LogP contribution >= 0.6 is 15.9 Å². The van der Waals surface area contributed by atoms with Gasteiger partial charge >= 0.3 is 0 Å². The molecule has 0 saturated heterocycles. The number of likely N-dealkylation sites (N-methyl/N-ethyl adjacent to an activating group) is 1. The lowest BCUT2D eigenvalue weighted by atomic mass is 9.97. The fourth-order valence-corrected chi connectivity index (χ4v) is 3.16. The highest BCUT2D eigenvalue weighted by atomic mass is 79.9. The maximum Gasteiger partial charge on any atom is 0.239 e. The van der Waals surface area contributed by atoms with Crippen molar-refractivity contribution in [2.24, 2.45) is 0 Å². The highest BCUT2D eigenvalue weighted by Crippen LogP contribution is 2.27. The molecular formula is C21H20BrN3O. The maximum atomic E-state index is 12.5. The molecule has 1 heterocycles. The SMILES string of the molecule is CN(CC(=O)Nc1ccc(Br)cn1)C(c1ccccc1)c1ccccc1. The van der Waals surface area contributed by atoms with E-state index in [9.17, 15) is 4.79 Å². The third-order valence-electron chi connectivity index (χ3n) is 4.06. The molecule has 0 aliphatic heterocycles. The lowest BCUT2D eigenvalue weighted by molar-refractivity contribution is -0.117. The molecule has 26 heavy (non-hydrogen) atoms. The van der Waals surface area contributed by atoms with Crippen molar-refractivity contribution in [2.75, 3.05) is 18.9 Å². The second-order valence-electron chi connectivity index (χ2n) is 6.05. The first-order valence-electron chi connectivity index (χ1n) is 8.35. The van der Waals surface area contributed by atoms with Gasteiger partial charge in [-0.15, -0.1) is 0 Å². The standard InChI is InChI=1S/C21H20BrN3O/c1-25(15-20(26)24-19-13-12-18(22)14-23-19)21(16-8-4-2-5-9-16)17-10-6-3-7-11-17/h2-14,21H,15H2,1H3,(H,23,24,26). The number of aromatic nitrogens is 1. The van der Waals surface area contributed by atoms with E-state index in [1.54, 1.807) is 12.3 Å². The number of nitrogens with zero attached hydrogens (tertiary/aromatic N) is 2. The second kappa shape index (κ2) is 8.74. The number of carbonyl (C=O) groups is 1. The molecule has 1 amide bonds. The third-order valence-corrected chi connectivity index (χ3v) is 4.53. The van der Waals surface area contributed by atoms with E-state index in [2.05, 4.69) is 50.5 Å². The van der Waals surface area contributed by atoms with Crippen molar-refractivity contribution in [3.63, 3.8) is 0 Å². The summed E-state index contributed by atoms with van der Waals surface area (Å²) in [6.45, 7) is 0.256. The van der Waals surface area contributed by atoms with Crippen molar-refractivity contribution < 1.29 is 4.79 Å². The largest absolute Gasteiger partial charge is 0.310 e. The van der Waals surface area contributed by atoms with Crippen LogP contribution in [-0.4, -0.2) is 29.4 Å².